The molecule has 1 amide bonds. The topological polar surface area (TPSA) is 46.3 Å². The zero-order valence-electron chi connectivity index (χ0n) is 13.8. The van der Waals surface area contributed by atoms with Gasteiger partial charge < -0.3 is 10.6 Å². The lowest BCUT2D eigenvalue weighted by Gasteiger charge is -2.18. The number of rotatable bonds is 3. The fourth-order valence-electron chi connectivity index (χ4n) is 3.44. The SMILES string of the molecule is NC[C@@H]1CN(C(=O)c2cccc(C(F)(F)F)c2F)C[C@H]1c1ccccc1. The summed E-state index contributed by atoms with van der Waals surface area (Å²) in [6.07, 6.45) is -4.85. The maximum absolute atomic E-state index is 14.3. The van der Waals surface area contributed by atoms with Crippen molar-refractivity contribution in [1.82, 2.24) is 4.90 Å². The van der Waals surface area contributed by atoms with E-state index >= 15 is 0 Å². The Hall–Kier alpha value is -2.41. The summed E-state index contributed by atoms with van der Waals surface area (Å²) in [6, 6.07) is 12.2. The second kappa shape index (κ2) is 7.07. The van der Waals surface area contributed by atoms with Crippen LogP contribution < -0.4 is 5.73 Å². The molecular formula is C19H18F4N2O. The van der Waals surface area contributed by atoms with Crippen LogP contribution in [0.1, 0.15) is 27.4 Å². The molecule has 7 heteroatoms. The van der Waals surface area contributed by atoms with E-state index in [1.165, 1.54) is 4.90 Å². The van der Waals surface area contributed by atoms with E-state index in [-0.39, 0.29) is 18.4 Å². The lowest BCUT2D eigenvalue weighted by atomic mass is 9.89. The van der Waals surface area contributed by atoms with Crippen molar-refractivity contribution >= 4 is 5.91 Å². The molecule has 26 heavy (non-hydrogen) atoms. The minimum Gasteiger partial charge on any atom is -0.338 e. The first-order valence-corrected chi connectivity index (χ1v) is 8.23. The molecule has 0 aliphatic carbocycles. The Balaban J connectivity index is 1.88. The third-order valence-corrected chi connectivity index (χ3v) is 4.79. The highest BCUT2D eigenvalue weighted by Gasteiger charge is 2.39. The van der Waals surface area contributed by atoms with Crippen LogP contribution in [0.4, 0.5) is 17.6 Å². The van der Waals surface area contributed by atoms with E-state index in [2.05, 4.69) is 0 Å². The number of nitrogens with zero attached hydrogens (tertiary/aromatic N) is 1. The van der Waals surface area contributed by atoms with Crippen LogP contribution in [0.25, 0.3) is 0 Å². The van der Waals surface area contributed by atoms with Gasteiger partial charge in [-0.2, -0.15) is 13.2 Å². The molecule has 3 nitrogen and oxygen atoms in total. The highest BCUT2D eigenvalue weighted by molar-refractivity contribution is 5.95. The summed E-state index contributed by atoms with van der Waals surface area (Å²) < 4.78 is 52.9. The Morgan fingerprint density at radius 1 is 1.08 bits per heavy atom. The molecule has 1 saturated heterocycles. The molecule has 1 aliphatic rings. The molecule has 2 aromatic carbocycles. The molecule has 1 heterocycles. The van der Waals surface area contributed by atoms with Crippen molar-refractivity contribution in [3.63, 3.8) is 0 Å². The Kier molecular flexibility index (Phi) is 5.00. The number of nitrogens with two attached hydrogens (primary N) is 1. The van der Waals surface area contributed by atoms with Crippen molar-refractivity contribution in [3.8, 4) is 0 Å². The summed E-state index contributed by atoms with van der Waals surface area (Å²) >= 11 is 0. The van der Waals surface area contributed by atoms with Crippen LogP contribution >= 0.6 is 0 Å². The number of halogens is 4. The van der Waals surface area contributed by atoms with E-state index in [9.17, 15) is 22.4 Å². The minimum atomic E-state index is -4.85. The van der Waals surface area contributed by atoms with E-state index in [1.807, 2.05) is 30.3 Å². The summed E-state index contributed by atoms with van der Waals surface area (Å²) in [5.41, 5.74) is 4.82. The first-order valence-electron chi connectivity index (χ1n) is 8.23. The Labute approximate surface area is 148 Å². The van der Waals surface area contributed by atoms with Crippen LogP contribution in [0.3, 0.4) is 0 Å². The van der Waals surface area contributed by atoms with Gasteiger partial charge in [-0.05, 0) is 30.2 Å². The molecule has 0 unspecified atom stereocenters. The van der Waals surface area contributed by atoms with Crippen LogP contribution in [0.15, 0.2) is 48.5 Å². The van der Waals surface area contributed by atoms with Crippen molar-refractivity contribution in [2.24, 2.45) is 11.7 Å². The van der Waals surface area contributed by atoms with Crippen molar-refractivity contribution in [1.29, 1.82) is 0 Å². The maximum atomic E-state index is 14.3. The molecule has 0 spiro atoms. The molecular weight excluding hydrogens is 348 g/mol. The first-order chi connectivity index (χ1) is 12.3. The minimum absolute atomic E-state index is 0.0287. The maximum Gasteiger partial charge on any atom is 0.419 e. The van der Waals surface area contributed by atoms with E-state index in [0.29, 0.717) is 19.2 Å². The monoisotopic (exact) mass is 366 g/mol. The quantitative estimate of drug-likeness (QED) is 0.843. The van der Waals surface area contributed by atoms with E-state index in [4.69, 9.17) is 5.73 Å². The zero-order valence-corrected chi connectivity index (χ0v) is 13.8. The van der Waals surface area contributed by atoms with Gasteiger partial charge in [0.05, 0.1) is 11.1 Å². The van der Waals surface area contributed by atoms with Gasteiger partial charge in [-0.1, -0.05) is 36.4 Å². The van der Waals surface area contributed by atoms with Gasteiger partial charge in [0.25, 0.3) is 5.91 Å². The molecule has 0 bridgehead atoms. The molecule has 3 rings (SSSR count). The molecule has 0 aromatic heterocycles. The second-order valence-electron chi connectivity index (χ2n) is 6.39. The summed E-state index contributed by atoms with van der Waals surface area (Å²) in [6.45, 7) is 0.902. The van der Waals surface area contributed by atoms with Gasteiger partial charge in [-0.15, -0.1) is 0 Å². The average Bonchev–Trinajstić information content (AvgIpc) is 3.05. The van der Waals surface area contributed by atoms with Gasteiger partial charge in [0.2, 0.25) is 0 Å². The molecule has 138 valence electrons. The van der Waals surface area contributed by atoms with Crippen molar-refractivity contribution < 1.29 is 22.4 Å². The normalized spacial score (nSPS) is 20.4. The molecule has 2 N–H and O–H groups in total. The van der Waals surface area contributed by atoms with Gasteiger partial charge >= 0.3 is 6.18 Å². The highest BCUT2D eigenvalue weighted by atomic mass is 19.4. The summed E-state index contributed by atoms with van der Waals surface area (Å²) in [5, 5.41) is 0. The molecule has 2 atom stereocenters. The predicted octanol–water partition coefficient (Wildman–Crippen LogP) is 3.66. The Morgan fingerprint density at radius 3 is 2.38 bits per heavy atom. The molecule has 0 radical (unpaired) electrons. The third-order valence-electron chi connectivity index (χ3n) is 4.79. The molecule has 1 fully saturated rings. The number of amides is 1. The summed E-state index contributed by atoms with van der Waals surface area (Å²) in [4.78, 5) is 14.0. The van der Waals surface area contributed by atoms with Crippen molar-refractivity contribution in [2.75, 3.05) is 19.6 Å². The van der Waals surface area contributed by atoms with E-state index in [1.54, 1.807) is 0 Å². The number of likely N-dealkylation sites (tertiary alicyclic amines) is 1. The van der Waals surface area contributed by atoms with Crippen LogP contribution in [0.2, 0.25) is 0 Å². The van der Waals surface area contributed by atoms with Gasteiger partial charge in [0.15, 0.2) is 0 Å². The largest absolute Gasteiger partial charge is 0.419 e. The predicted molar refractivity (Wildman–Crippen MR) is 89.0 cm³/mol. The van der Waals surface area contributed by atoms with Crippen LogP contribution in [0.5, 0.6) is 0 Å². The number of hydrogen-bond acceptors (Lipinski definition) is 2. The fourth-order valence-corrected chi connectivity index (χ4v) is 3.44. The number of benzene rings is 2. The molecule has 2 aromatic rings. The Bertz CT molecular complexity index is 792. The third kappa shape index (κ3) is 3.44. The number of carbonyl (C=O) groups is 1. The van der Waals surface area contributed by atoms with Gasteiger partial charge in [-0.3, -0.25) is 4.79 Å². The van der Waals surface area contributed by atoms with Crippen LogP contribution in [0, 0.1) is 11.7 Å². The number of alkyl halides is 3. The number of hydrogen-bond donors (Lipinski definition) is 1. The second-order valence-corrected chi connectivity index (χ2v) is 6.39. The van der Waals surface area contributed by atoms with Gasteiger partial charge in [0, 0.05) is 19.0 Å². The van der Waals surface area contributed by atoms with Gasteiger partial charge in [-0.25, -0.2) is 4.39 Å². The lowest BCUT2D eigenvalue weighted by molar-refractivity contribution is -0.140. The fraction of sp³-hybridized carbons (Fsp3) is 0.316. The lowest BCUT2D eigenvalue weighted by Crippen LogP contribution is -2.31. The van der Waals surface area contributed by atoms with Gasteiger partial charge in [0.1, 0.15) is 5.82 Å². The molecule has 1 aliphatic heterocycles. The summed E-state index contributed by atoms with van der Waals surface area (Å²) in [5.74, 6) is -2.34. The van der Waals surface area contributed by atoms with Crippen molar-refractivity contribution in [3.05, 3.63) is 71.0 Å². The van der Waals surface area contributed by atoms with E-state index in [0.717, 1.165) is 17.7 Å². The molecule has 0 saturated carbocycles. The Morgan fingerprint density at radius 2 is 1.77 bits per heavy atom. The van der Waals surface area contributed by atoms with Crippen LogP contribution in [-0.4, -0.2) is 30.4 Å². The smallest absolute Gasteiger partial charge is 0.338 e. The zero-order chi connectivity index (χ0) is 18.9. The number of carbonyl (C=O) groups excluding carboxylic acids is 1. The standard InChI is InChI=1S/C19H18F4N2O/c20-17-14(7-4-8-16(17)19(21,22)23)18(26)25-10-13(9-24)15(11-25)12-5-2-1-3-6-12/h1-8,13,15H,9-11,24H2/t13-,15+/m1/s1. The van der Waals surface area contributed by atoms with Crippen LogP contribution in [-0.2, 0) is 6.18 Å². The van der Waals surface area contributed by atoms with Crippen molar-refractivity contribution in [2.45, 2.75) is 12.1 Å². The average molecular weight is 366 g/mol. The van der Waals surface area contributed by atoms with E-state index < -0.39 is 29.0 Å². The summed E-state index contributed by atoms with van der Waals surface area (Å²) in [7, 11) is 0. The highest BCUT2D eigenvalue weighted by Crippen LogP contribution is 2.35. The first kappa shape index (κ1) is 18.4.